The van der Waals surface area contributed by atoms with Crippen molar-refractivity contribution in [2.45, 2.75) is 6.92 Å². The van der Waals surface area contributed by atoms with Gasteiger partial charge < -0.3 is 10.5 Å². The average Bonchev–Trinajstić information content (AvgIpc) is 2.23. The Morgan fingerprint density at radius 3 is 2.35 bits per heavy atom. The molecule has 2 N–H and O–H groups in total. The van der Waals surface area contributed by atoms with E-state index in [9.17, 15) is 8.78 Å². The number of halogens is 2. The van der Waals surface area contributed by atoms with Crippen LogP contribution in [0.3, 0.4) is 0 Å². The predicted molar refractivity (Wildman–Crippen MR) is 62.0 cm³/mol. The van der Waals surface area contributed by atoms with Crippen LogP contribution in [-0.4, -0.2) is 0 Å². The highest BCUT2D eigenvalue weighted by molar-refractivity contribution is 5.58. The number of aryl methyl sites for hydroxylation is 1. The van der Waals surface area contributed by atoms with Gasteiger partial charge in [0.1, 0.15) is 17.4 Å². The third kappa shape index (κ3) is 2.53. The number of para-hydroxylation sites is 1. The van der Waals surface area contributed by atoms with E-state index in [4.69, 9.17) is 10.5 Å². The number of rotatable bonds is 2. The molecule has 2 rings (SSSR count). The SMILES string of the molecule is Cc1cccc(Oc2cc(F)cc(F)c2)c1N. The third-order valence-electron chi connectivity index (χ3n) is 2.35. The zero-order valence-corrected chi connectivity index (χ0v) is 9.21. The second-order valence-electron chi connectivity index (χ2n) is 3.69. The Kier molecular flexibility index (Phi) is 2.95. The molecule has 2 nitrogen and oxygen atoms in total. The minimum Gasteiger partial charge on any atom is -0.455 e. The smallest absolute Gasteiger partial charge is 0.150 e. The predicted octanol–water partition coefficient (Wildman–Crippen LogP) is 3.65. The summed E-state index contributed by atoms with van der Waals surface area (Å²) < 4.78 is 31.3. The summed E-state index contributed by atoms with van der Waals surface area (Å²) in [7, 11) is 0. The van der Waals surface area contributed by atoms with Crippen molar-refractivity contribution in [2.24, 2.45) is 0 Å². The zero-order chi connectivity index (χ0) is 12.4. The molecule has 0 aliphatic carbocycles. The molecule has 0 saturated carbocycles. The molecule has 0 atom stereocenters. The summed E-state index contributed by atoms with van der Waals surface area (Å²) in [6.07, 6.45) is 0. The molecule has 2 aromatic rings. The number of hydrogen-bond donors (Lipinski definition) is 1. The maximum absolute atomic E-state index is 13.0. The first-order valence-corrected chi connectivity index (χ1v) is 5.05. The van der Waals surface area contributed by atoms with Crippen LogP contribution in [0.15, 0.2) is 36.4 Å². The van der Waals surface area contributed by atoms with Gasteiger partial charge in [-0.3, -0.25) is 0 Å². The lowest BCUT2D eigenvalue weighted by molar-refractivity contribution is 0.470. The Morgan fingerprint density at radius 2 is 1.71 bits per heavy atom. The Bertz CT molecular complexity index is 535. The first kappa shape index (κ1) is 11.4. The molecule has 0 aliphatic heterocycles. The van der Waals surface area contributed by atoms with Gasteiger partial charge in [0.05, 0.1) is 5.69 Å². The molecule has 0 radical (unpaired) electrons. The van der Waals surface area contributed by atoms with Gasteiger partial charge in [-0.1, -0.05) is 12.1 Å². The molecule has 0 fully saturated rings. The van der Waals surface area contributed by atoms with E-state index >= 15 is 0 Å². The number of anilines is 1. The van der Waals surface area contributed by atoms with Crippen molar-refractivity contribution in [1.82, 2.24) is 0 Å². The second-order valence-corrected chi connectivity index (χ2v) is 3.69. The summed E-state index contributed by atoms with van der Waals surface area (Å²) in [5, 5.41) is 0. The van der Waals surface area contributed by atoms with Crippen molar-refractivity contribution < 1.29 is 13.5 Å². The number of nitrogens with two attached hydrogens (primary N) is 1. The first-order chi connectivity index (χ1) is 8.06. The minimum absolute atomic E-state index is 0.0831. The van der Waals surface area contributed by atoms with Crippen molar-refractivity contribution in [1.29, 1.82) is 0 Å². The second kappa shape index (κ2) is 4.41. The Labute approximate surface area is 97.6 Å². The van der Waals surface area contributed by atoms with Crippen molar-refractivity contribution in [3.8, 4) is 11.5 Å². The van der Waals surface area contributed by atoms with E-state index in [0.29, 0.717) is 11.4 Å². The lowest BCUT2D eigenvalue weighted by Gasteiger charge is -2.10. The van der Waals surface area contributed by atoms with Crippen LogP contribution >= 0.6 is 0 Å². The van der Waals surface area contributed by atoms with Crippen LogP contribution in [-0.2, 0) is 0 Å². The lowest BCUT2D eigenvalue weighted by Crippen LogP contribution is -1.95. The number of ether oxygens (including phenoxy) is 1. The average molecular weight is 235 g/mol. The van der Waals surface area contributed by atoms with Crippen LogP contribution in [0.25, 0.3) is 0 Å². The van der Waals surface area contributed by atoms with E-state index in [1.54, 1.807) is 12.1 Å². The van der Waals surface area contributed by atoms with Crippen molar-refractivity contribution >= 4 is 5.69 Å². The molecular weight excluding hydrogens is 224 g/mol. The largest absolute Gasteiger partial charge is 0.455 e. The monoisotopic (exact) mass is 235 g/mol. The summed E-state index contributed by atoms with van der Waals surface area (Å²) in [4.78, 5) is 0. The molecule has 0 amide bonds. The summed E-state index contributed by atoms with van der Waals surface area (Å²) in [6, 6.07) is 8.22. The molecule has 0 heterocycles. The highest BCUT2D eigenvalue weighted by atomic mass is 19.1. The Hall–Kier alpha value is -2.10. The molecule has 17 heavy (non-hydrogen) atoms. The summed E-state index contributed by atoms with van der Waals surface area (Å²) in [5.74, 6) is -0.910. The zero-order valence-electron chi connectivity index (χ0n) is 9.21. The van der Waals surface area contributed by atoms with Crippen molar-refractivity contribution in [2.75, 3.05) is 5.73 Å². The third-order valence-corrected chi connectivity index (χ3v) is 2.35. The van der Waals surface area contributed by atoms with Gasteiger partial charge in [0.25, 0.3) is 0 Å². The van der Waals surface area contributed by atoms with E-state index in [2.05, 4.69) is 0 Å². The van der Waals surface area contributed by atoms with Gasteiger partial charge in [-0.25, -0.2) is 8.78 Å². The highest BCUT2D eigenvalue weighted by Gasteiger charge is 2.06. The highest BCUT2D eigenvalue weighted by Crippen LogP contribution is 2.30. The van der Waals surface area contributed by atoms with Crippen LogP contribution < -0.4 is 10.5 Å². The van der Waals surface area contributed by atoms with E-state index in [1.807, 2.05) is 13.0 Å². The maximum Gasteiger partial charge on any atom is 0.150 e. The molecular formula is C13H11F2NO. The quantitative estimate of drug-likeness (QED) is 0.806. The van der Waals surface area contributed by atoms with Gasteiger partial charge in [-0.15, -0.1) is 0 Å². The summed E-state index contributed by atoms with van der Waals surface area (Å²) in [5.41, 5.74) is 7.10. The molecule has 2 aromatic carbocycles. The lowest BCUT2D eigenvalue weighted by atomic mass is 10.2. The van der Waals surface area contributed by atoms with E-state index in [-0.39, 0.29) is 5.75 Å². The molecule has 0 unspecified atom stereocenters. The minimum atomic E-state index is -0.689. The van der Waals surface area contributed by atoms with Gasteiger partial charge in [-0.05, 0) is 18.6 Å². The van der Waals surface area contributed by atoms with Crippen LogP contribution in [0.1, 0.15) is 5.56 Å². The normalized spacial score (nSPS) is 10.3. The molecule has 0 aliphatic rings. The standard InChI is InChI=1S/C13H11F2NO/c1-8-3-2-4-12(13(8)16)17-11-6-9(14)5-10(15)7-11/h2-7H,16H2,1H3. The van der Waals surface area contributed by atoms with E-state index in [0.717, 1.165) is 23.8 Å². The topological polar surface area (TPSA) is 35.2 Å². The van der Waals surface area contributed by atoms with Gasteiger partial charge in [0.2, 0.25) is 0 Å². The van der Waals surface area contributed by atoms with Crippen LogP contribution in [0.5, 0.6) is 11.5 Å². The maximum atomic E-state index is 13.0. The summed E-state index contributed by atoms with van der Waals surface area (Å²) in [6.45, 7) is 1.83. The van der Waals surface area contributed by atoms with Crippen LogP contribution in [0.4, 0.5) is 14.5 Å². The van der Waals surface area contributed by atoms with Crippen LogP contribution in [0.2, 0.25) is 0 Å². The van der Waals surface area contributed by atoms with Crippen LogP contribution in [0, 0.1) is 18.6 Å². The fraction of sp³-hybridized carbons (Fsp3) is 0.0769. The number of benzene rings is 2. The molecule has 88 valence electrons. The van der Waals surface area contributed by atoms with Crippen molar-refractivity contribution in [3.63, 3.8) is 0 Å². The first-order valence-electron chi connectivity index (χ1n) is 5.05. The fourth-order valence-corrected chi connectivity index (χ4v) is 1.46. The molecule has 0 saturated heterocycles. The fourth-order valence-electron chi connectivity index (χ4n) is 1.46. The molecule has 0 spiro atoms. The summed E-state index contributed by atoms with van der Waals surface area (Å²) >= 11 is 0. The molecule has 0 bridgehead atoms. The van der Waals surface area contributed by atoms with Gasteiger partial charge in [-0.2, -0.15) is 0 Å². The molecule has 4 heteroatoms. The number of hydrogen-bond acceptors (Lipinski definition) is 2. The van der Waals surface area contributed by atoms with Gasteiger partial charge >= 0.3 is 0 Å². The van der Waals surface area contributed by atoms with E-state index < -0.39 is 11.6 Å². The Morgan fingerprint density at radius 1 is 1.06 bits per heavy atom. The van der Waals surface area contributed by atoms with E-state index in [1.165, 1.54) is 0 Å². The van der Waals surface area contributed by atoms with Gasteiger partial charge in [0, 0.05) is 18.2 Å². The molecule has 0 aromatic heterocycles. The van der Waals surface area contributed by atoms with Gasteiger partial charge in [0.15, 0.2) is 5.75 Å². The van der Waals surface area contributed by atoms with Crippen molar-refractivity contribution in [3.05, 3.63) is 53.6 Å². The Balaban J connectivity index is 2.34. The number of nitrogen functional groups attached to an aromatic ring is 1.